The van der Waals surface area contributed by atoms with Crippen molar-refractivity contribution in [2.75, 3.05) is 18.6 Å². The quantitative estimate of drug-likeness (QED) is 0.863. The van der Waals surface area contributed by atoms with Crippen LogP contribution in [0.1, 0.15) is 24.8 Å². The van der Waals surface area contributed by atoms with Crippen molar-refractivity contribution in [3.05, 3.63) is 23.8 Å². The molecule has 1 aromatic rings. The van der Waals surface area contributed by atoms with Crippen LogP contribution in [0.3, 0.4) is 0 Å². The molecule has 0 radical (unpaired) electrons. The third-order valence-corrected chi connectivity index (χ3v) is 5.65. The zero-order valence-corrected chi connectivity index (χ0v) is 13.0. The summed E-state index contributed by atoms with van der Waals surface area (Å²) in [7, 11) is -1.34. The molecule has 2 fully saturated rings. The molecule has 0 spiro atoms. The molecular weight excluding hydrogens is 290 g/mol. The van der Waals surface area contributed by atoms with E-state index >= 15 is 0 Å². The summed E-state index contributed by atoms with van der Waals surface area (Å²) in [5.74, 6) is 1.65. The number of benzene rings is 1. The van der Waals surface area contributed by atoms with Gasteiger partial charge in [-0.15, -0.1) is 0 Å². The lowest BCUT2D eigenvalue weighted by molar-refractivity contribution is 0.215. The molecule has 1 aromatic carbocycles. The summed E-state index contributed by atoms with van der Waals surface area (Å²) in [5.41, 5.74) is 1.02. The van der Waals surface area contributed by atoms with Crippen molar-refractivity contribution in [1.29, 1.82) is 0 Å². The van der Waals surface area contributed by atoms with Gasteiger partial charge in [-0.3, -0.25) is 0 Å². The zero-order chi connectivity index (χ0) is 14.9. The fourth-order valence-electron chi connectivity index (χ4n) is 2.56. The van der Waals surface area contributed by atoms with E-state index in [1.165, 1.54) is 12.8 Å². The van der Waals surface area contributed by atoms with E-state index in [2.05, 4.69) is 5.32 Å². The third kappa shape index (κ3) is 3.68. The maximum absolute atomic E-state index is 11.6. The molecule has 1 heterocycles. The van der Waals surface area contributed by atoms with Crippen molar-refractivity contribution in [1.82, 2.24) is 5.32 Å². The summed E-state index contributed by atoms with van der Waals surface area (Å²) in [6.07, 6.45) is 2.73. The Morgan fingerprint density at radius 3 is 2.71 bits per heavy atom. The summed E-state index contributed by atoms with van der Waals surface area (Å²) < 4.78 is 34.5. The Morgan fingerprint density at radius 1 is 1.29 bits per heavy atom. The number of nitrogens with one attached hydrogen (secondary N) is 1. The van der Waals surface area contributed by atoms with Gasteiger partial charge in [0, 0.05) is 18.2 Å². The maximum Gasteiger partial charge on any atom is 0.166 e. The highest BCUT2D eigenvalue weighted by atomic mass is 32.2. The molecule has 1 aliphatic carbocycles. The number of para-hydroxylation sites is 1. The molecule has 1 aliphatic heterocycles. The molecule has 6 heteroatoms. The van der Waals surface area contributed by atoms with E-state index in [1.54, 1.807) is 7.11 Å². The first kappa shape index (κ1) is 14.7. The van der Waals surface area contributed by atoms with E-state index < -0.39 is 9.84 Å². The predicted octanol–water partition coefficient (Wildman–Crippen LogP) is 1.51. The number of hydrogen-bond donors (Lipinski definition) is 1. The molecule has 1 atom stereocenters. The van der Waals surface area contributed by atoms with Gasteiger partial charge in [-0.05, 0) is 25.3 Å². The molecule has 1 saturated heterocycles. The lowest BCUT2D eigenvalue weighted by atomic mass is 10.1. The second-order valence-electron chi connectivity index (χ2n) is 5.75. The van der Waals surface area contributed by atoms with Crippen LogP contribution in [0.2, 0.25) is 0 Å². The largest absolute Gasteiger partial charge is 0.493 e. The number of sulfone groups is 1. The minimum absolute atomic E-state index is 0.0978. The van der Waals surface area contributed by atoms with Crippen LogP contribution in [-0.2, 0) is 16.4 Å². The van der Waals surface area contributed by atoms with Gasteiger partial charge in [0.1, 0.15) is 6.10 Å². The summed E-state index contributed by atoms with van der Waals surface area (Å²) >= 11 is 0. The fraction of sp³-hybridized carbons (Fsp3) is 0.600. The summed E-state index contributed by atoms with van der Waals surface area (Å²) in [4.78, 5) is 0. The number of ether oxygens (including phenoxy) is 2. The molecule has 2 aliphatic rings. The highest BCUT2D eigenvalue weighted by Crippen LogP contribution is 2.34. The Labute approximate surface area is 125 Å². The van der Waals surface area contributed by atoms with E-state index in [0.717, 1.165) is 12.1 Å². The predicted molar refractivity (Wildman–Crippen MR) is 80.5 cm³/mol. The van der Waals surface area contributed by atoms with Gasteiger partial charge in [0.2, 0.25) is 0 Å². The molecule has 0 amide bonds. The Balaban J connectivity index is 1.77. The molecule has 0 bridgehead atoms. The van der Waals surface area contributed by atoms with Crippen molar-refractivity contribution in [2.45, 2.75) is 38.0 Å². The first-order chi connectivity index (χ1) is 10.1. The third-order valence-electron chi connectivity index (χ3n) is 3.91. The maximum atomic E-state index is 11.6. The standard InChI is InChI=1S/C15H21NO4S/c1-19-14-4-2-3-11(9-16-12-5-6-12)15(14)20-13-7-8-21(17,18)10-13/h2-4,12-13,16H,5-10H2,1H3. The molecule has 5 nitrogen and oxygen atoms in total. The fourth-order valence-corrected chi connectivity index (χ4v) is 4.15. The molecule has 21 heavy (non-hydrogen) atoms. The second-order valence-corrected chi connectivity index (χ2v) is 7.98. The normalized spacial score (nSPS) is 24.0. The second kappa shape index (κ2) is 5.85. The molecule has 1 N–H and O–H groups in total. The average Bonchev–Trinajstić information content (AvgIpc) is 3.21. The number of hydrogen-bond acceptors (Lipinski definition) is 5. The Bertz CT molecular complexity index is 610. The number of rotatable bonds is 6. The molecule has 1 unspecified atom stereocenters. The molecule has 116 valence electrons. The highest BCUT2D eigenvalue weighted by molar-refractivity contribution is 7.91. The Kier molecular flexibility index (Phi) is 4.08. The smallest absolute Gasteiger partial charge is 0.166 e. The minimum atomic E-state index is -2.95. The zero-order valence-electron chi connectivity index (χ0n) is 12.2. The van der Waals surface area contributed by atoms with Gasteiger partial charge in [-0.2, -0.15) is 0 Å². The summed E-state index contributed by atoms with van der Waals surface area (Å²) in [6, 6.07) is 6.38. The van der Waals surface area contributed by atoms with Crippen molar-refractivity contribution in [3.63, 3.8) is 0 Å². The average molecular weight is 311 g/mol. The molecule has 1 saturated carbocycles. The number of methoxy groups -OCH3 is 1. The van der Waals surface area contributed by atoms with Crippen LogP contribution < -0.4 is 14.8 Å². The first-order valence-corrected chi connectivity index (χ1v) is 9.16. The van der Waals surface area contributed by atoms with Crippen molar-refractivity contribution in [2.24, 2.45) is 0 Å². The van der Waals surface area contributed by atoms with Crippen molar-refractivity contribution < 1.29 is 17.9 Å². The van der Waals surface area contributed by atoms with Gasteiger partial charge in [0.25, 0.3) is 0 Å². The molecule has 3 rings (SSSR count). The topological polar surface area (TPSA) is 64.6 Å². The van der Waals surface area contributed by atoms with Crippen LogP contribution in [-0.4, -0.2) is 39.2 Å². The van der Waals surface area contributed by atoms with E-state index in [9.17, 15) is 8.42 Å². The van der Waals surface area contributed by atoms with Crippen LogP contribution in [0.25, 0.3) is 0 Å². The highest BCUT2D eigenvalue weighted by Gasteiger charge is 2.31. The van der Waals surface area contributed by atoms with Gasteiger partial charge in [0.05, 0.1) is 18.6 Å². The van der Waals surface area contributed by atoms with Crippen LogP contribution in [0, 0.1) is 0 Å². The van der Waals surface area contributed by atoms with Gasteiger partial charge in [0.15, 0.2) is 21.3 Å². The van der Waals surface area contributed by atoms with E-state index in [0.29, 0.717) is 24.0 Å². The Morgan fingerprint density at radius 2 is 2.10 bits per heavy atom. The van der Waals surface area contributed by atoms with Gasteiger partial charge in [-0.1, -0.05) is 12.1 Å². The molecular formula is C15H21NO4S. The van der Waals surface area contributed by atoms with Crippen LogP contribution in [0.15, 0.2) is 18.2 Å². The van der Waals surface area contributed by atoms with Gasteiger partial charge in [-0.25, -0.2) is 8.42 Å². The SMILES string of the molecule is COc1cccc(CNC2CC2)c1OC1CCS(=O)(=O)C1. The lowest BCUT2D eigenvalue weighted by Crippen LogP contribution is -2.21. The van der Waals surface area contributed by atoms with Gasteiger partial charge < -0.3 is 14.8 Å². The Hall–Kier alpha value is -1.27. The molecule has 0 aromatic heterocycles. The van der Waals surface area contributed by atoms with E-state index in [-0.39, 0.29) is 17.6 Å². The minimum Gasteiger partial charge on any atom is -0.493 e. The lowest BCUT2D eigenvalue weighted by Gasteiger charge is -2.18. The van der Waals surface area contributed by atoms with E-state index in [1.807, 2.05) is 18.2 Å². The monoisotopic (exact) mass is 311 g/mol. The van der Waals surface area contributed by atoms with Crippen LogP contribution in [0.4, 0.5) is 0 Å². The van der Waals surface area contributed by atoms with Crippen LogP contribution >= 0.6 is 0 Å². The summed E-state index contributed by atoms with van der Waals surface area (Å²) in [5, 5.41) is 3.45. The van der Waals surface area contributed by atoms with E-state index in [4.69, 9.17) is 9.47 Å². The van der Waals surface area contributed by atoms with Crippen molar-refractivity contribution >= 4 is 9.84 Å². The van der Waals surface area contributed by atoms with Gasteiger partial charge >= 0.3 is 0 Å². The summed E-state index contributed by atoms with van der Waals surface area (Å²) in [6.45, 7) is 0.719. The van der Waals surface area contributed by atoms with Crippen molar-refractivity contribution in [3.8, 4) is 11.5 Å². The van der Waals surface area contributed by atoms with Crippen LogP contribution in [0.5, 0.6) is 11.5 Å². The first-order valence-electron chi connectivity index (χ1n) is 7.34.